The molecule has 0 spiro atoms. The second-order valence-corrected chi connectivity index (χ2v) is 6.84. The van der Waals surface area contributed by atoms with E-state index in [4.69, 9.17) is 14.2 Å². The molecule has 0 aliphatic carbocycles. The molecule has 6 heteroatoms. The lowest BCUT2D eigenvalue weighted by molar-refractivity contribution is 0.0476. The van der Waals surface area contributed by atoms with Crippen LogP contribution in [0.5, 0.6) is 11.5 Å². The molecule has 0 radical (unpaired) electrons. The van der Waals surface area contributed by atoms with E-state index in [-0.39, 0.29) is 18.3 Å². The van der Waals surface area contributed by atoms with Gasteiger partial charge in [0.25, 0.3) is 0 Å². The van der Waals surface area contributed by atoms with Crippen LogP contribution in [0.1, 0.15) is 46.2 Å². The van der Waals surface area contributed by atoms with Crippen molar-refractivity contribution in [2.75, 3.05) is 20.8 Å². The summed E-state index contributed by atoms with van der Waals surface area (Å²) >= 11 is 0. The average molecular weight is 393 g/mol. The van der Waals surface area contributed by atoms with Gasteiger partial charge in [-0.1, -0.05) is 32.0 Å². The summed E-state index contributed by atoms with van der Waals surface area (Å²) in [6.45, 7) is 3.64. The molecule has 29 heavy (non-hydrogen) atoms. The monoisotopic (exact) mass is 393 g/mol. The molecule has 6 nitrogen and oxygen atoms in total. The van der Waals surface area contributed by atoms with Crippen molar-refractivity contribution in [3.8, 4) is 11.5 Å². The summed E-state index contributed by atoms with van der Waals surface area (Å²) in [5.74, 6) is 0.220. The van der Waals surface area contributed by atoms with Gasteiger partial charge < -0.3 is 14.2 Å². The standard InChI is InChI=1S/C23H23NO5/c1-14(2)19-12-17(16-7-5-6-8-18(16)24-19)23(26)29-13-20(25)15-9-10-21(27-3)22(11-15)28-4/h5-12,14H,13H2,1-4H3. The van der Waals surface area contributed by atoms with Gasteiger partial charge in [0.05, 0.1) is 25.3 Å². The van der Waals surface area contributed by atoms with Crippen molar-refractivity contribution in [2.45, 2.75) is 19.8 Å². The highest BCUT2D eigenvalue weighted by Crippen LogP contribution is 2.28. The molecule has 0 bridgehead atoms. The third-order valence-corrected chi connectivity index (χ3v) is 4.59. The minimum absolute atomic E-state index is 0.152. The number of hydrogen-bond acceptors (Lipinski definition) is 6. The Kier molecular flexibility index (Phi) is 6.12. The Bertz CT molecular complexity index is 1060. The molecule has 0 amide bonds. The minimum atomic E-state index is -0.556. The second-order valence-electron chi connectivity index (χ2n) is 6.84. The molecule has 3 aromatic rings. The van der Waals surface area contributed by atoms with Gasteiger partial charge in [0, 0.05) is 16.6 Å². The van der Waals surface area contributed by atoms with Crippen LogP contribution in [0.4, 0.5) is 0 Å². The van der Waals surface area contributed by atoms with Gasteiger partial charge in [0.1, 0.15) is 0 Å². The van der Waals surface area contributed by atoms with E-state index in [2.05, 4.69) is 4.98 Å². The smallest absolute Gasteiger partial charge is 0.339 e. The van der Waals surface area contributed by atoms with Gasteiger partial charge in [-0.3, -0.25) is 9.78 Å². The summed E-state index contributed by atoms with van der Waals surface area (Å²) in [6.07, 6.45) is 0. The Morgan fingerprint density at radius 2 is 1.69 bits per heavy atom. The third kappa shape index (κ3) is 4.37. The summed E-state index contributed by atoms with van der Waals surface area (Å²) in [4.78, 5) is 29.8. The van der Waals surface area contributed by atoms with E-state index in [9.17, 15) is 9.59 Å². The van der Waals surface area contributed by atoms with E-state index in [0.29, 0.717) is 28.0 Å². The molecule has 2 aromatic carbocycles. The fraction of sp³-hybridized carbons (Fsp3) is 0.261. The number of hydrogen-bond donors (Lipinski definition) is 0. The Labute approximate surface area is 169 Å². The van der Waals surface area contributed by atoms with Crippen molar-refractivity contribution in [1.82, 2.24) is 4.98 Å². The fourth-order valence-corrected chi connectivity index (χ4v) is 2.96. The number of ether oxygens (including phenoxy) is 3. The molecule has 150 valence electrons. The summed E-state index contributed by atoms with van der Waals surface area (Å²) in [5, 5.41) is 0.695. The van der Waals surface area contributed by atoms with Crippen molar-refractivity contribution in [1.29, 1.82) is 0 Å². The molecule has 0 aliphatic rings. The number of esters is 1. The topological polar surface area (TPSA) is 74.7 Å². The third-order valence-electron chi connectivity index (χ3n) is 4.59. The molecular weight excluding hydrogens is 370 g/mol. The zero-order chi connectivity index (χ0) is 21.0. The number of carbonyl (C=O) groups is 2. The first-order valence-corrected chi connectivity index (χ1v) is 9.26. The van der Waals surface area contributed by atoms with Crippen LogP contribution in [0.2, 0.25) is 0 Å². The van der Waals surface area contributed by atoms with E-state index in [1.807, 2.05) is 38.1 Å². The maximum Gasteiger partial charge on any atom is 0.339 e. The number of Topliss-reactive ketones (excluding diaryl/α,β-unsaturated/α-hetero) is 1. The van der Waals surface area contributed by atoms with Crippen molar-refractivity contribution in [3.05, 3.63) is 65.4 Å². The molecular formula is C23H23NO5. The highest BCUT2D eigenvalue weighted by atomic mass is 16.5. The second kappa shape index (κ2) is 8.73. The number of benzene rings is 2. The van der Waals surface area contributed by atoms with Crippen LogP contribution < -0.4 is 9.47 Å². The highest BCUT2D eigenvalue weighted by molar-refractivity contribution is 6.05. The van der Waals surface area contributed by atoms with Gasteiger partial charge in [-0.2, -0.15) is 0 Å². The number of nitrogens with zero attached hydrogens (tertiary/aromatic N) is 1. The predicted octanol–water partition coefficient (Wildman–Crippen LogP) is 4.42. The first kappa shape index (κ1) is 20.3. The van der Waals surface area contributed by atoms with Crippen LogP contribution in [0, 0.1) is 0 Å². The first-order chi connectivity index (χ1) is 13.9. The Morgan fingerprint density at radius 1 is 0.966 bits per heavy atom. The predicted molar refractivity (Wildman–Crippen MR) is 110 cm³/mol. The van der Waals surface area contributed by atoms with Crippen LogP contribution in [0.15, 0.2) is 48.5 Å². The summed E-state index contributed by atoms with van der Waals surface area (Å²) in [7, 11) is 3.01. The molecule has 1 heterocycles. The number of pyridine rings is 1. The van der Waals surface area contributed by atoms with Crippen molar-refractivity contribution < 1.29 is 23.8 Å². The average Bonchev–Trinajstić information content (AvgIpc) is 2.75. The molecule has 0 saturated heterocycles. The molecule has 0 atom stereocenters. The molecule has 0 fully saturated rings. The molecule has 3 rings (SSSR count). The number of methoxy groups -OCH3 is 2. The van der Waals surface area contributed by atoms with Crippen molar-refractivity contribution >= 4 is 22.7 Å². The Morgan fingerprint density at radius 3 is 2.38 bits per heavy atom. The number of carbonyl (C=O) groups excluding carboxylic acids is 2. The van der Waals surface area contributed by atoms with Crippen LogP contribution in [-0.2, 0) is 4.74 Å². The van der Waals surface area contributed by atoms with E-state index in [1.165, 1.54) is 14.2 Å². The van der Waals surface area contributed by atoms with E-state index in [0.717, 1.165) is 11.2 Å². The van der Waals surface area contributed by atoms with Gasteiger partial charge >= 0.3 is 5.97 Å². The fourth-order valence-electron chi connectivity index (χ4n) is 2.96. The largest absolute Gasteiger partial charge is 0.493 e. The van der Waals surface area contributed by atoms with Gasteiger partial charge in [-0.25, -0.2) is 4.79 Å². The molecule has 0 saturated carbocycles. The van der Waals surface area contributed by atoms with Gasteiger partial charge in [-0.05, 0) is 36.2 Å². The van der Waals surface area contributed by atoms with E-state index >= 15 is 0 Å². The summed E-state index contributed by atoms with van der Waals surface area (Å²) in [6, 6.07) is 13.9. The minimum Gasteiger partial charge on any atom is -0.493 e. The lowest BCUT2D eigenvalue weighted by Crippen LogP contribution is -2.15. The van der Waals surface area contributed by atoms with Crippen molar-refractivity contribution in [2.24, 2.45) is 0 Å². The van der Waals surface area contributed by atoms with Crippen LogP contribution in [-0.4, -0.2) is 37.6 Å². The quantitative estimate of drug-likeness (QED) is 0.437. The normalized spacial score (nSPS) is 10.8. The van der Waals surface area contributed by atoms with Crippen LogP contribution >= 0.6 is 0 Å². The van der Waals surface area contributed by atoms with Gasteiger partial charge in [0.15, 0.2) is 23.9 Å². The maximum absolute atomic E-state index is 12.7. The zero-order valence-corrected chi connectivity index (χ0v) is 16.9. The summed E-state index contributed by atoms with van der Waals surface area (Å²) < 4.78 is 15.7. The molecule has 0 N–H and O–H groups in total. The van der Waals surface area contributed by atoms with Crippen molar-refractivity contribution in [3.63, 3.8) is 0 Å². The SMILES string of the molecule is COc1ccc(C(=O)COC(=O)c2cc(C(C)C)nc3ccccc23)cc1OC. The van der Waals surface area contributed by atoms with Crippen LogP contribution in [0.25, 0.3) is 10.9 Å². The Balaban J connectivity index is 1.81. The van der Waals surface area contributed by atoms with Crippen LogP contribution in [0.3, 0.4) is 0 Å². The molecule has 0 aliphatic heterocycles. The zero-order valence-electron chi connectivity index (χ0n) is 16.9. The number of ketones is 1. The van der Waals surface area contributed by atoms with E-state index in [1.54, 1.807) is 24.3 Å². The van der Waals surface area contributed by atoms with Gasteiger partial charge in [-0.15, -0.1) is 0 Å². The number of fused-ring (bicyclic) bond motifs is 1. The molecule has 0 unspecified atom stereocenters. The number of para-hydroxylation sites is 1. The summed E-state index contributed by atoms with van der Waals surface area (Å²) in [5.41, 5.74) is 2.29. The molecule has 1 aromatic heterocycles. The number of rotatable bonds is 7. The lowest BCUT2D eigenvalue weighted by Gasteiger charge is -2.12. The van der Waals surface area contributed by atoms with E-state index < -0.39 is 5.97 Å². The number of aromatic nitrogens is 1. The highest BCUT2D eigenvalue weighted by Gasteiger charge is 2.18. The Hall–Kier alpha value is -3.41. The first-order valence-electron chi connectivity index (χ1n) is 9.26. The van der Waals surface area contributed by atoms with Gasteiger partial charge in [0.2, 0.25) is 0 Å². The lowest BCUT2D eigenvalue weighted by atomic mass is 10.0. The maximum atomic E-state index is 12.7.